The highest BCUT2D eigenvalue weighted by atomic mass is 35.5. The van der Waals surface area contributed by atoms with Crippen LogP contribution in [-0.2, 0) is 4.79 Å². The van der Waals surface area contributed by atoms with Gasteiger partial charge < -0.3 is 14.5 Å². The Hall–Kier alpha value is -2.34. The van der Waals surface area contributed by atoms with Gasteiger partial charge in [0.25, 0.3) is 5.91 Å². The van der Waals surface area contributed by atoms with E-state index in [0.29, 0.717) is 10.7 Å². The third kappa shape index (κ3) is 3.12. The number of aromatic nitrogens is 1. The lowest BCUT2D eigenvalue weighted by molar-refractivity contribution is -0.137. The number of carboxylic acids is 1. The van der Waals surface area contributed by atoms with E-state index >= 15 is 0 Å². The number of carbonyl (C=O) groups excluding carboxylic acids is 1. The van der Waals surface area contributed by atoms with Crippen LogP contribution in [0, 0.1) is 0 Å². The van der Waals surface area contributed by atoms with Crippen molar-refractivity contribution < 1.29 is 19.2 Å². The monoisotopic (exact) mass is 320 g/mol. The fraction of sp³-hybridized carbons (Fsp3) is 0.267. The van der Waals surface area contributed by atoms with Gasteiger partial charge >= 0.3 is 5.97 Å². The van der Waals surface area contributed by atoms with E-state index in [4.69, 9.17) is 21.2 Å². The predicted molar refractivity (Wildman–Crippen MR) is 78.6 cm³/mol. The van der Waals surface area contributed by atoms with Gasteiger partial charge in [-0.05, 0) is 25.0 Å². The zero-order valence-electron chi connectivity index (χ0n) is 11.5. The number of carboxylic acid groups (broad SMARTS) is 1. The maximum atomic E-state index is 12.4. The minimum atomic E-state index is -1.05. The third-order valence-electron chi connectivity index (χ3n) is 3.40. The molecular weight excluding hydrogens is 308 g/mol. The number of hydrogen-bond donors (Lipinski definition) is 1. The number of nitrogens with zero attached hydrogens (tertiary/aromatic N) is 2. The molecule has 0 bridgehead atoms. The fourth-order valence-corrected chi connectivity index (χ4v) is 2.39. The van der Waals surface area contributed by atoms with Gasteiger partial charge in [0.15, 0.2) is 0 Å². The van der Waals surface area contributed by atoms with E-state index in [1.165, 1.54) is 11.0 Å². The summed E-state index contributed by atoms with van der Waals surface area (Å²) in [4.78, 5) is 24.6. The van der Waals surface area contributed by atoms with Crippen LogP contribution in [0.4, 0.5) is 0 Å². The van der Waals surface area contributed by atoms with Crippen LogP contribution in [0.3, 0.4) is 0 Å². The highest BCUT2D eigenvalue weighted by Gasteiger charge is 2.35. The second-order valence-corrected chi connectivity index (χ2v) is 5.58. The first-order valence-corrected chi connectivity index (χ1v) is 7.18. The molecule has 6 nitrogen and oxygen atoms in total. The van der Waals surface area contributed by atoms with Crippen LogP contribution >= 0.6 is 11.6 Å². The zero-order chi connectivity index (χ0) is 15.7. The van der Waals surface area contributed by atoms with E-state index in [9.17, 15) is 9.59 Å². The second kappa shape index (κ2) is 5.81. The summed E-state index contributed by atoms with van der Waals surface area (Å²) >= 11 is 5.92. The molecule has 1 amide bonds. The minimum Gasteiger partial charge on any atom is -0.480 e. The first-order chi connectivity index (χ1) is 10.5. The molecule has 0 spiro atoms. The average molecular weight is 321 g/mol. The van der Waals surface area contributed by atoms with Crippen molar-refractivity contribution in [1.82, 2.24) is 10.1 Å². The molecule has 7 heteroatoms. The van der Waals surface area contributed by atoms with Crippen molar-refractivity contribution in [2.75, 3.05) is 6.54 Å². The van der Waals surface area contributed by atoms with Gasteiger partial charge in [0.2, 0.25) is 5.76 Å². The highest BCUT2D eigenvalue weighted by Crippen LogP contribution is 2.29. The van der Waals surface area contributed by atoms with Crippen LogP contribution in [-0.4, -0.2) is 39.6 Å². The summed E-state index contributed by atoms with van der Waals surface area (Å²) in [7, 11) is 0. The van der Waals surface area contributed by atoms with Gasteiger partial charge in [-0.25, -0.2) is 0 Å². The van der Waals surface area contributed by atoms with Gasteiger partial charge in [0.1, 0.15) is 12.2 Å². The topological polar surface area (TPSA) is 83.6 Å². The Morgan fingerprint density at radius 1 is 1.36 bits per heavy atom. The van der Waals surface area contributed by atoms with Crippen LogP contribution in [0.1, 0.15) is 23.4 Å². The Bertz CT molecular complexity index is 724. The van der Waals surface area contributed by atoms with Crippen molar-refractivity contribution in [2.24, 2.45) is 0 Å². The van der Waals surface area contributed by atoms with E-state index in [1.807, 2.05) is 0 Å². The van der Waals surface area contributed by atoms with Crippen molar-refractivity contribution in [1.29, 1.82) is 0 Å². The van der Waals surface area contributed by atoms with Crippen LogP contribution < -0.4 is 0 Å². The quantitative estimate of drug-likeness (QED) is 0.915. The molecule has 0 saturated heterocycles. The Balaban J connectivity index is 1.83. The van der Waals surface area contributed by atoms with Crippen molar-refractivity contribution in [3.05, 3.63) is 41.1 Å². The SMILES string of the molecule is O=C(O)CN(C(=O)c1cc(-c2cccc(Cl)c2)no1)C1CC1. The van der Waals surface area contributed by atoms with E-state index in [0.717, 1.165) is 18.4 Å². The van der Waals surface area contributed by atoms with Crippen molar-refractivity contribution in [2.45, 2.75) is 18.9 Å². The first-order valence-electron chi connectivity index (χ1n) is 6.80. The summed E-state index contributed by atoms with van der Waals surface area (Å²) in [5.74, 6) is -1.47. The Morgan fingerprint density at radius 3 is 2.77 bits per heavy atom. The number of aliphatic carboxylic acids is 1. The molecule has 0 aliphatic heterocycles. The van der Waals surface area contributed by atoms with Gasteiger partial charge in [-0.2, -0.15) is 0 Å². The van der Waals surface area contributed by atoms with Gasteiger partial charge in [0.05, 0.1) is 0 Å². The number of rotatable bonds is 5. The van der Waals surface area contributed by atoms with Crippen LogP contribution in [0.5, 0.6) is 0 Å². The first kappa shape index (κ1) is 14.6. The molecule has 1 aromatic carbocycles. The smallest absolute Gasteiger partial charge is 0.323 e. The summed E-state index contributed by atoms with van der Waals surface area (Å²) < 4.78 is 5.08. The van der Waals surface area contributed by atoms with Gasteiger partial charge in [-0.1, -0.05) is 28.9 Å². The largest absolute Gasteiger partial charge is 0.480 e. The van der Waals surface area contributed by atoms with Crippen LogP contribution in [0.15, 0.2) is 34.9 Å². The van der Waals surface area contributed by atoms with E-state index in [-0.39, 0.29) is 18.3 Å². The molecule has 0 atom stereocenters. The summed E-state index contributed by atoms with van der Waals surface area (Å²) in [5.41, 5.74) is 1.21. The van der Waals surface area contributed by atoms with E-state index in [1.54, 1.807) is 24.3 Å². The lowest BCUT2D eigenvalue weighted by atomic mass is 10.1. The summed E-state index contributed by atoms with van der Waals surface area (Å²) in [6.45, 7) is -0.337. The maximum Gasteiger partial charge on any atom is 0.323 e. The molecule has 1 fully saturated rings. The summed E-state index contributed by atoms with van der Waals surface area (Å²) in [6, 6.07) is 8.50. The standard InChI is InChI=1S/C15H13ClN2O4/c16-10-3-1-2-9(6-10)12-7-13(22-17-12)15(21)18(8-14(19)20)11-4-5-11/h1-3,6-7,11H,4-5,8H2,(H,19,20). The summed E-state index contributed by atoms with van der Waals surface area (Å²) in [5, 5.41) is 13.3. The Kier molecular flexibility index (Phi) is 3.85. The highest BCUT2D eigenvalue weighted by molar-refractivity contribution is 6.30. The lowest BCUT2D eigenvalue weighted by Crippen LogP contribution is -2.37. The van der Waals surface area contributed by atoms with Crippen molar-refractivity contribution in [3.63, 3.8) is 0 Å². The second-order valence-electron chi connectivity index (χ2n) is 5.14. The molecule has 1 saturated carbocycles. The molecular formula is C15H13ClN2O4. The lowest BCUT2D eigenvalue weighted by Gasteiger charge is -2.17. The van der Waals surface area contributed by atoms with E-state index < -0.39 is 11.9 Å². The minimum absolute atomic E-state index is 0.0247. The number of benzene rings is 1. The molecule has 1 aliphatic carbocycles. The van der Waals surface area contributed by atoms with Gasteiger partial charge in [-0.3, -0.25) is 9.59 Å². The third-order valence-corrected chi connectivity index (χ3v) is 3.63. The molecule has 1 aromatic heterocycles. The Labute approximate surface area is 131 Å². The number of halogens is 1. The van der Waals surface area contributed by atoms with Crippen LogP contribution in [0.25, 0.3) is 11.3 Å². The number of amides is 1. The maximum absolute atomic E-state index is 12.4. The number of carbonyl (C=O) groups is 2. The average Bonchev–Trinajstić information content (AvgIpc) is 3.20. The van der Waals surface area contributed by atoms with Gasteiger partial charge in [-0.15, -0.1) is 0 Å². The molecule has 1 N–H and O–H groups in total. The van der Waals surface area contributed by atoms with Crippen molar-refractivity contribution >= 4 is 23.5 Å². The molecule has 0 radical (unpaired) electrons. The molecule has 1 heterocycles. The molecule has 1 aliphatic rings. The normalized spacial score (nSPS) is 13.9. The van der Waals surface area contributed by atoms with E-state index in [2.05, 4.69) is 5.16 Å². The summed E-state index contributed by atoms with van der Waals surface area (Å²) in [6.07, 6.45) is 1.63. The molecule has 0 unspecified atom stereocenters. The van der Waals surface area contributed by atoms with Crippen molar-refractivity contribution in [3.8, 4) is 11.3 Å². The Morgan fingerprint density at radius 2 is 2.14 bits per heavy atom. The fourth-order valence-electron chi connectivity index (χ4n) is 2.20. The van der Waals surface area contributed by atoms with Gasteiger partial charge in [0, 0.05) is 22.7 Å². The number of hydrogen-bond acceptors (Lipinski definition) is 4. The molecule has 3 rings (SSSR count). The zero-order valence-corrected chi connectivity index (χ0v) is 12.3. The predicted octanol–water partition coefficient (Wildman–Crippen LogP) is 2.68. The molecule has 2 aromatic rings. The molecule has 22 heavy (non-hydrogen) atoms. The van der Waals surface area contributed by atoms with Crippen LogP contribution in [0.2, 0.25) is 5.02 Å². The molecule has 114 valence electrons.